The third-order valence-corrected chi connectivity index (χ3v) is 2.72. The van der Waals surface area contributed by atoms with E-state index in [9.17, 15) is 0 Å². The third-order valence-electron chi connectivity index (χ3n) is 2.72. The maximum absolute atomic E-state index is 8.71. The Balaban J connectivity index is 2.16. The van der Waals surface area contributed by atoms with Crippen molar-refractivity contribution in [1.29, 1.82) is 5.26 Å². The van der Waals surface area contributed by atoms with Crippen LogP contribution in [0.25, 0.3) is 0 Å². The van der Waals surface area contributed by atoms with Crippen LogP contribution in [0.2, 0.25) is 0 Å². The highest BCUT2D eigenvalue weighted by molar-refractivity contribution is 5.82. The predicted molar refractivity (Wildman–Crippen MR) is 74.2 cm³/mol. The molecule has 0 N–H and O–H groups in total. The fourth-order valence-electron chi connectivity index (χ4n) is 1.66. The molecule has 0 unspecified atom stereocenters. The summed E-state index contributed by atoms with van der Waals surface area (Å²) in [6.07, 6.45) is 2.87. The van der Waals surface area contributed by atoms with E-state index in [0.29, 0.717) is 5.56 Å². The van der Waals surface area contributed by atoms with Gasteiger partial charge >= 0.3 is 0 Å². The second-order valence-corrected chi connectivity index (χ2v) is 4.02. The number of aliphatic imine (C=N–C) groups is 1. The molecule has 0 saturated heterocycles. The van der Waals surface area contributed by atoms with Crippen molar-refractivity contribution in [3.05, 3.63) is 65.2 Å². The maximum Gasteiger partial charge on any atom is 0.0991 e. The first kappa shape index (κ1) is 12.1. The van der Waals surface area contributed by atoms with Gasteiger partial charge in [0.2, 0.25) is 0 Å². The van der Waals surface area contributed by atoms with Crippen molar-refractivity contribution < 1.29 is 0 Å². The summed E-state index contributed by atoms with van der Waals surface area (Å²) in [6, 6.07) is 17.6. The van der Waals surface area contributed by atoms with Gasteiger partial charge in [-0.1, -0.05) is 31.2 Å². The van der Waals surface area contributed by atoms with Gasteiger partial charge in [-0.05, 0) is 41.8 Å². The van der Waals surface area contributed by atoms with Crippen molar-refractivity contribution in [1.82, 2.24) is 0 Å². The van der Waals surface area contributed by atoms with E-state index in [1.807, 2.05) is 30.5 Å². The van der Waals surface area contributed by atoms with Crippen molar-refractivity contribution >= 4 is 11.9 Å². The molecule has 2 heteroatoms. The van der Waals surface area contributed by atoms with E-state index in [1.54, 1.807) is 12.1 Å². The standard InChI is InChI=1S/C16H14N2/c1-2-13-4-3-5-15(10-13)12-18-16-8-6-14(11-17)7-9-16/h3-10,12H,2H2,1H3. The van der Waals surface area contributed by atoms with Gasteiger partial charge < -0.3 is 0 Å². The van der Waals surface area contributed by atoms with Crippen LogP contribution in [0.5, 0.6) is 0 Å². The molecular formula is C16H14N2. The van der Waals surface area contributed by atoms with E-state index in [0.717, 1.165) is 17.7 Å². The third kappa shape index (κ3) is 3.05. The molecule has 0 saturated carbocycles. The minimum absolute atomic E-state index is 0.655. The molecule has 0 aliphatic heterocycles. The fraction of sp³-hybridized carbons (Fsp3) is 0.125. The molecule has 0 bridgehead atoms. The molecule has 88 valence electrons. The average molecular weight is 234 g/mol. The lowest BCUT2D eigenvalue weighted by Gasteiger charge is -1.98. The largest absolute Gasteiger partial charge is 0.256 e. The lowest BCUT2D eigenvalue weighted by molar-refractivity contribution is 1.14. The smallest absolute Gasteiger partial charge is 0.0991 e. The van der Waals surface area contributed by atoms with Crippen LogP contribution in [0.15, 0.2) is 53.5 Å². The van der Waals surface area contributed by atoms with Crippen molar-refractivity contribution in [2.24, 2.45) is 4.99 Å². The van der Waals surface area contributed by atoms with Crippen molar-refractivity contribution in [3.8, 4) is 6.07 Å². The minimum Gasteiger partial charge on any atom is -0.256 e. The molecule has 0 atom stereocenters. The first-order valence-electron chi connectivity index (χ1n) is 5.95. The van der Waals surface area contributed by atoms with Crippen molar-refractivity contribution in [3.63, 3.8) is 0 Å². The summed E-state index contributed by atoms with van der Waals surface area (Å²) in [6.45, 7) is 2.14. The Labute approximate surface area is 107 Å². The number of hydrogen-bond donors (Lipinski definition) is 0. The second-order valence-electron chi connectivity index (χ2n) is 4.02. The van der Waals surface area contributed by atoms with E-state index >= 15 is 0 Å². The zero-order valence-corrected chi connectivity index (χ0v) is 10.3. The van der Waals surface area contributed by atoms with Gasteiger partial charge in [-0.15, -0.1) is 0 Å². The zero-order valence-electron chi connectivity index (χ0n) is 10.3. The van der Waals surface area contributed by atoms with Crippen LogP contribution in [0.3, 0.4) is 0 Å². The monoisotopic (exact) mass is 234 g/mol. The second kappa shape index (κ2) is 5.79. The van der Waals surface area contributed by atoms with Gasteiger partial charge in [0, 0.05) is 6.21 Å². The first-order valence-corrected chi connectivity index (χ1v) is 5.95. The zero-order chi connectivity index (χ0) is 12.8. The Morgan fingerprint density at radius 2 is 1.94 bits per heavy atom. The van der Waals surface area contributed by atoms with Gasteiger partial charge in [0.25, 0.3) is 0 Å². The van der Waals surface area contributed by atoms with Gasteiger partial charge in [-0.2, -0.15) is 5.26 Å². The highest BCUT2D eigenvalue weighted by Crippen LogP contribution is 2.13. The van der Waals surface area contributed by atoms with E-state index in [1.165, 1.54) is 5.56 Å². The molecular weight excluding hydrogens is 220 g/mol. The molecule has 0 aliphatic carbocycles. The van der Waals surface area contributed by atoms with Crippen molar-refractivity contribution in [2.45, 2.75) is 13.3 Å². The number of hydrogen-bond acceptors (Lipinski definition) is 2. The Hall–Kier alpha value is -2.40. The normalized spacial score (nSPS) is 10.4. The summed E-state index contributed by atoms with van der Waals surface area (Å²) >= 11 is 0. The quantitative estimate of drug-likeness (QED) is 0.742. The number of benzene rings is 2. The topological polar surface area (TPSA) is 36.1 Å². The molecule has 0 aromatic heterocycles. The highest BCUT2D eigenvalue weighted by Gasteiger charge is 1.93. The van der Waals surface area contributed by atoms with Gasteiger partial charge in [0.05, 0.1) is 17.3 Å². The number of aryl methyl sites for hydroxylation is 1. The fourth-order valence-corrected chi connectivity index (χ4v) is 1.66. The van der Waals surface area contributed by atoms with Crippen LogP contribution in [-0.4, -0.2) is 6.21 Å². The Morgan fingerprint density at radius 1 is 1.17 bits per heavy atom. The molecule has 0 spiro atoms. The van der Waals surface area contributed by atoms with E-state index < -0.39 is 0 Å². The molecule has 2 nitrogen and oxygen atoms in total. The lowest BCUT2D eigenvalue weighted by atomic mass is 10.1. The Kier molecular flexibility index (Phi) is 3.88. The van der Waals surface area contributed by atoms with Crippen molar-refractivity contribution in [2.75, 3.05) is 0 Å². The molecule has 0 radical (unpaired) electrons. The average Bonchev–Trinajstić information content (AvgIpc) is 2.46. The molecule has 18 heavy (non-hydrogen) atoms. The number of nitriles is 1. The highest BCUT2D eigenvalue weighted by atomic mass is 14.7. The van der Waals surface area contributed by atoms with Gasteiger partial charge in [0.1, 0.15) is 0 Å². The maximum atomic E-state index is 8.71. The molecule has 2 aromatic rings. The molecule has 0 heterocycles. The first-order chi connectivity index (χ1) is 8.81. The van der Waals surface area contributed by atoms with Crippen LogP contribution in [0.1, 0.15) is 23.6 Å². The molecule has 0 aliphatic rings. The van der Waals surface area contributed by atoms with Crippen LogP contribution < -0.4 is 0 Å². The Morgan fingerprint density at radius 3 is 2.61 bits per heavy atom. The lowest BCUT2D eigenvalue weighted by Crippen LogP contribution is -1.84. The summed E-state index contributed by atoms with van der Waals surface area (Å²) in [7, 11) is 0. The summed E-state index contributed by atoms with van der Waals surface area (Å²) in [5.41, 5.74) is 3.91. The summed E-state index contributed by atoms with van der Waals surface area (Å²) < 4.78 is 0. The van der Waals surface area contributed by atoms with Crippen LogP contribution in [0, 0.1) is 11.3 Å². The Bertz CT molecular complexity index is 589. The summed E-state index contributed by atoms with van der Waals surface area (Å²) in [5, 5.41) is 8.71. The van der Waals surface area contributed by atoms with Gasteiger partial charge in [0.15, 0.2) is 0 Å². The number of rotatable bonds is 3. The molecule has 2 aromatic carbocycles. The molecule has 0 fully saturated rings. The summed E-state index contributed by atoms with van der Waals surface area (Å²) in [4.78, 5) is 4.39. The minimum atomic E-state index is 0.655. The molecule has 0 amide bonds. The molecule has 2 rings (SSSR count). The van der Waals surface area contributed by atoms with E-state index in [4.69, 9.17) is 5.26 Å². The van der Waals surface area contributed by atoms with Crippen LogP contribution in [-0.2, 0) is 6.42 Å². The SMILES string of the molecule is CCc1cccc(C=Nc2ccc(C#N)cc2)c1. The van der Waals surface area contributed by atoms with Gasteiger partial charge in [-0.3, -0.25) is 4.99 Å². The predicted octanol–water partition coefficient (Wildman–Crippen LogP) is 3.87. The number of nitrogens with zero attached hydrogens (tertiary/aromatic N) is 2. The van der Waals surface area contributed by atoms with Gasteiger partial charge in [-0.25, -0.2) is 0 Å². The van der Waals surface area contributed by atoms with E-state index in [-0.39, 0.29) is 0 Å². The summed E-state index contributed by atoms with van der Waals surface area (Å²) in [5.74, 6) is 0. The van der Waals surface area contributed by atoms with E-state index in [2.05, 4.69) is 30.1 Å². The van der Waals surface area contributed by atoms with Crippen LogP contribution in [0.4, 0.5) is 5.69 Å². The van der Waals surface area contributed by atoms with Crippen LogP contribution >= 0.6 is 0 Å².